The van der Waals surface area contributed by atoms with Crippen LogP contribution in [-0.4, -0.2) is 19.7 Å². The first-order valence-corrected chi connectivity index (χ1v) is 5.69. The minimum absolute atomic E-state index is 0.584. The summed E-state index contributed by atoms with van der Waals surface area (Å²) in [6, 6.07) is 8.52. The molecular weight excluding hydrogens is 186 g/mol. The monoisotopic (exact) mass is 205 g/mol. The van der Waals surface area contributed by atoms with Gasteiger partial charge in [0.05, 0.1) is 6.61 Å². The molecule has 1 saturated heterocycles. The molecule has 1 fully saturated rings. The number of nitrogens with one attached hydrogen (secondary N) is 1. The van der Waals surface area contributed by atoms with Crippen LogP contribution in [0, 0.1) is 5.92 Å². The number of ether oxygens (including phenoxy) is 1. The van der Waals surface area contributed by atoms with Gasteiger partial charge in [-0.1, -0.05) is 26.0 Å². The quantitative estimate of drug-likeness (QED) is 0.815. The van der Waals surface area contributed by atoms with E-state index in [2.05, 4.69) is 43.4 Å². The minimum atomic E-state index is 0.584. The second kappa shape index (κ2) is 4.67. The van der Waals surface area contributed by atoms with Crippen LogP contribution in [0.1, 0.15) is 25.3 Å². The van der Waals surface area contributed by atoms with Crippen LogP contribution < -0.4 is 10.1 Å². The summed E-state index contributed by atoms with van der Waals surface area (Å²) in [5, 5.41) is 3.28. The van der Waals surface area contributed by atoms with Crippen LogP contribution in [0.15, 0.2) is 24.3 Å². The van der Waals surface area contributed by atoms with Crippen LogP contribution in [0.4, 0.5) is 0 Å². The SMILES string of the molecule is CC(C)COc1ccc(C2CNC2)cc1. The lowest BCUT2D eigenvalue weighted by molar-refractivity contribution is 0.271. The molecule has 0 bridgehead atoms. The molecule has 0 saturated carbocycles. The summed E-state index contributed by atoms with van der Waals surface area (Å²) in [7, 11) is 0. The van der Waals surface area contributed by atoms with Crippen LogP contribution in [0.25, 0.3) is 0 Å². The van der Waals surface area contributed by atoms with E-state index in [0.717, 1.165) is 25.4 Å². The van der Waals surface area contributed by atoms with Gasteiger partial charge in [0.2, 0.25) is 0 Å². The van der Waals surface area contributed by atoms with Gasteiger partial charge in [0.1, 0.15) is 5.75 Å². The average Bonchev–Trinajstić information content (AvgIpc) is 2.14. The highest BCUT2D eigenvalue weighted by Gasteiger charge is 2.18. The molecule has 0 radical (unpaired) electrons. The van der Waals surface area contributed by atoms with E-state index >= 15 is 0 Å². The molecule has 0 amide bonds. The molecule has 0 unspecified atom stereocenters. The van der Waals surface area contributed by atoms with Gasteiger partial charge >= 0.3 is 0 Å². The Morgan fingerprint density at radius 2 is 1.93 bits per heavy atom. The lowest BCUT2D eigenvalue weighted by Gasteiger charge is -2.27. The Hall–Kier alpha value is -1.02. The van der Waals surface area contributed by atoms with Crippen molar-refractivity contribution in [3.8, 4) is 5.75 Å². The standard InChI is InChI=1S/C13H19NO/c1-10(2)9-15-13-5-3-11(4-6-13)12-7-14-8-12/h3-6,10,12,14H,7-9H2,1-2H3. The average molecular weight is 205 g/mol. The van der Waals surface area contributed by atoms with Crippen molar-refractivity contribution in [1.82, 2.24) is 5.32 Å². The van der Waals surface area contributed by atoms with Crippen LogP contribution in [0.3, 0.4) is 0 Å². The van der Waals surface area contributed by atoms with E-state index in [-0.39, 0.29) is 0 Å². The van der Waals surface area contributed by atoms with Crippen molar-refractivity contribution in [3.63, 3.8) is 0 Å². The Morgan fingerprint density at radius 3 is 2.40 bits per heavy atom. The number of benzene rings is 1. The molecule has 0 aromatic heterocycles. The van der Waals surface area contributed by atoms with Gasteiger partial charge in [0.25, 0.3) is 0 Å². The second-order valence-electron chi connectivity index (χ2n) is 4.63. The van der Waals surface area contributed by atoms with Crippen molar-refractivity contribution in [2.45, 2.75) is 19.8 Å². The normalized spacial score (nSPS) is 16.5. The molecule has 1 aromatic carbocycles. The molecule has 2 rings (SSSR count). The van der Waals surface area contributed by atoms with Gasteiger partial charge in [-0.2, -0.15) is 0 Å². The third kappa shape index (κ3) is 2.72. The van der Waals surface area contributed by atoms with Gasteiger partial charge in [-0.05, 0) is 23.6 Å². The Kier molecular flexibility index (Phi) is 3.27. The zero-order chi connectivity index (χ0) is 10.7. The van der Waals surface area contributed by atoms with Crippen molar-refractivity contribution >= 4 is 0 Å². The summed E-state index contributed by atoms with van der Waals surface area (Å²) in [6.45, 7) is 7.35. The minimum Gasteiger partial charge on any atom is -0.493 e. The molecular formula is C13H19NO. The first kappa shape index (κ1) is 10.5. The topological polar surface area (TPSA) is 21.3 Å². The van der Waals surface area contributed by atoms with Crippen LogP contribution in [-0.2, 0) is 0 Å². The second-order valence-corrected chi connectivity index (χ2v) is 4.63. The predicted molar refractivity (Wildman–Crippen MR) is 62.4 cm³/mol. The van der Waals surface area contributed by atoms with Crippen LogP contribution in [0.5, 0.6) is 5.75 Å². The molecule has 1 aliphatic heterocycles. The largest absolute Gasteiger partial charge is 0.493 e. The maximum absolute atomic E-state index is 5.64. The van der Waals surface area contributed by atoms with E-state index in [1.807, 2.05) is 0 Å². The zero-order valence-electron chi connectivity index (χ0n) is 9.49. The Bertz CT molecular complexity index is 301. The Labute approximate surface area is 91.6 Å². The lowest BCUT2D eigenvalue weighted by Crippen LogP contribution is -2.39. The van der Waals surface area contributed by atoms with Gasteiger partial charge < -0.3 is 10.1 Å². The summed E-state index contributed by atoms with van der Waals surface area (Å²) in [5.74, 6) is 2.28. The lowest BCUT2D eigenvalue weighted by atomic mass is 9.94. The molecule has 1 aromatic rings. The highest BCUT2D eigenvalue weighted by molar-refractivity contribution is 5.30. The fraction of sp³-hybridized carbons (Fsp3) is 0.538. The molecule has 2 nitrogen and oxygen atoms in total. The predicted octanol–water partition coefficient (Wildman–Crippen LogP) is 2.41. The van der Waals surface area contributed by atoms with E-state index in [0.29, 0.717) is 11.8 Å². The third-order valence-electron chi connectivity index (χ3n) is 2.72. The summed E-state index contributed by atoms with van der Waals surface area (Å²) >= 11 is 0. The van der Waals surface area contributed by atoms with Gasteiger partial charge in [-0.15, -0.1) is 0 Å². The maximum Gasteiger partial charge on any atom is 0.119 e. The molecule has 1 N–H and O–H groups in total. The molecule has 1 aliphatic rings. The van der Waals surface area contributed by atoms with Crippen molar-refractivity contribution in [1.29, 1.82) is 0 Å². The molecule has 15 heavy (non-hydrogen) atoms. The molecule has 2 heteroatoms. The van der Waals surface area contributed by atoms with Crippen LogP contribution >= 0.6 is 0 Å². The van der Waals surface area contributed by atoms with Crippen molar-refractivity contribution < 1.29 is 4.74 Å². The highest BCUT2D eigenvalue weighted by Crippen LogP contribution is 2.22. The van der Waals surface area contributed by atoms with E-state index in [4.69, 9.17) is 4.74 Å². The third-order valence-corrected chi connectivity index (χ3v) is 2.72. The molecule has 0 atom stereocenters. The molecule has 0 spiro atoms. The van der Waals surface area contributed by atoms with Crippen molar-refractivity contribution in [3.05, 3.63) is 29.8 Å². The van der Waals surface area contributed by atoms with Crippen molar-refractivity contribution in [2.75, 3.05) is 19.7 Å². The summed E-state index contributed by atoms with van der Waals surface area (Å²) < 4.78 is 5.64. The summed E-state index contributed by atoms with van der Waals surface area (Å²) in [6.07, 6.45) is 0. The molecule has 1 heterocycles. The summed E-state index contributed by atoms with van der Waals surface area (Å²) in [4.78, 5) is 0. The van der Waals surface area contributed by atoms with Gasteiger partial charge in [0.15, 0.2) is 0 Å². The van der Waals surface area contributed by atoms with E-state index in [9.17, 15) is 0 Å². The Morgan fingerprint density at radius 1 is 1.27 bits per heavy atom. The fourth-order valence-corrected chi connectivity index (χ4v) is 1.62. The molecule has 0 aliphatic carbocycles. The fourth-order valence-electron chi connectivity index (χ4n) is 1.62. The first-order valence-electron chi connectivity index (χ1n) is 5.69. The first-order chi connectivity index (χ1) is 7.25. The Balaban J connectivity index is 1.91. The van der Waals surface area contributed by atoms with Crippen molar-refractivity contribution in [2.24, 2.45) is 5.92 Å². The molecule has 82 valence electrons. The van der Waals surface area contributed by atoms with E-state index < -0.39 is 0 Å². The zero-order valence-corrected chi connectivity index (χ0v) is 9.49. The highest BCUT2D eigenvalue weighted by atomic mass is 16.5. The van der Waals surface area contributed by atoms with Crippen LogP contribution in [0.2, 0.25) is 0 Å². The maximum atomic E-state index is 5.64. The smallest absolute Gasteiger partial charge is 0.119 e. The van der Waals surface area contributed by atoms with Gasteiger partial charge in [-0.25, -0.2) is 0 Å². The number of hydrogen-bond acceptors (Lipinski definition) is 2. The van der Waals surface area contributed by atoms with Gasteiger partial charge in [0, 0.05) is 19.0 Å². The van der Waals surface area contributed by atoms with E-state index in [1.54, 1.807) is 0 Å². The van der Waals surface area contributed by atoms with E-state index in [1.165, 1.54) is 5.56 Å². The summed E-state index contributed by atoms with van der Waals surface area (Å²) in [5.41, 5.74) is 1.42. The number of hydrogen-bond donors (Lipinski definition) is 1. The van der Waals surface area contributed by atoms with Gasteiger partial charge in [-0.3, -0.25) is 0 Å². The number of rotatable bonds is 4.